The number of hydrogen-bond acceptors (Lipinski definition) is 3. The lowest BCUT2D eigenvalue weighted by atomic mass is 9.86. The average molecular weight is 222 g/mol. The van der Waals surface area contributed by atoms with Crippen molar-refractivity contribution in [2.24, 2.45) is 5.73 Å². The summed E-state index contributed by atoms with van der Waals surface area (Å²) < 4.78 is 4.74. The van der Waals surface area contributed by atoms with Crippen LogP contribution in [-0.2, 0) is 14.9 Å². The molecule has 1 aliphatic rings. The summed E-state index contributed by atoms with van der Waals surface area (Å²) in [4.78, 5) is 14.7. The molecule has 2 rings (SSSR count). The lowest BCUT2D eigenvalue weighted by molar-refractivity contribution is -0.143. The van der Waals surface area contributed by atoms with E-state index in [1.54, 1.807) is 0 Å². The quantitative estimate of drug-likeness (QED) is 0.754. The molecule has 0 saturated heterocycles. The zero-order chi connectivity index (χ0) is 11.9. The van der Waals surface area contributed by atoms with Gasteiger partial charge < -0.3 is 15.5 Å². The monoisotopic (exact) mass is 222 g/mol. The third-order valence-corrected chi connectivity index (χ3v) is 3.61. The molecule has 1 aromatic rings. The summed E-state index contributed by atoms with van der Waals surface area (Å²) >= 11 is 0. The van der Waals surface area contributed by atoms with Gasteiger partial charge in [-0.05, 0) is 37.8 Å². The summed E-state index contributed by atoms with van der Waals surface area (Å²) in [5, 5.41) is 0. The molecule has 0 aromatic carbocycles. The van der Waals surface area contributed by atoms with Crippen molar-refractivity contribution >= 4 is 5.97 Å². The van der Waals surface area contributed by atoms with Crippen LogP contribution in [0, 0.1) is 13.8 Å². The van der Waals surface area contributed by atoms with Gasteiger partial charge in [-0.3, -0.25) is 4.79 Å². The van der Waals surface area contributed by atoms with Crippen molar-refractivity contribution in [1.29, 1.82) is 0 Å². The molecule has 4 heteroatoms. The van der Waals surface area contributed by atoms with Crippen LogP contribution in [0.4, 0.5) is 0 Å². The molecule has 1 atom stereocenters. The van der Waals surface area contributed by atoms with Crippen molar-refractivity contribution in [3.05, 3.63) is 23.0 Å². The van der Waals surface area contributed by atoms with Gasteiger partial charge in [0.2, 0.25) is 0 Å². The number of ether oxygens (including phenoxy) is 1. The third-order valence-electron chi connectivity index (χ3n) is 3.61. The van der Waals surface area contributed by atoms with Crippen molar-refractivity contribution in [2.75, 3.05) is 7.11 Å². The number of esters is 1. The van der Waals surface area contributed by atoms with Crippen molar-refractivity contribution < 1.29 is 9.53 Å². The molecular formula is C12H18N2O2. The molecule has 1 heterocycles. The minimum absolute atomic E-state index is 0.193. The predicted octanol–water partition coefficient (Wildman–Crippen LogP) is 1.16. The number of nitrogens with one attached hydrogen (secondary N) is 1. The van der Waals surface area contributed by atoms with Crippen molar-refractivity contribution in [2.45, 2.75) is 38.1 Å². The maximum atomic E-state index is 11.6. The van der Waals surface area contributed by atoms with Crippen LogP contribution >= 0.6 is 0 Å². The van der Waals surface area contributed by atoms with Crippen LogP contribution in [0.2, 0.25) is 0 Å². The lowest BCUT2D eigenvalue weighted by Gasteiger charge is -2.22. The largest absolute Gasteiger partial charge is 0.468 e. The predicted molar refractivity (Wildman–Crippen MR) is 61.2 cm³/mol. The highest BCUT2D eigenvalue weighted by atomic mass is 16.5. The van der Waals surface area contributed by atoms with Gasteiger partial charge in [0.05, 0.1) is 7.11 Å². The van der Waals surface area contributed by atoms with Crippen LogP contribution in [0.25, 0.3) is 0 Å². The zero-order valence-electron chi connectivity index (χ0n) is 9.96. The Morgan fingerprint density at radius 1 is 1.56 bits per heavy atom. The molecule has 1 saturated carbocycles. The molecule has 16 heavy (non-hydrogen) atoms. The Morgan fingerprint density at radius 2 is 2.19 bits per heavy atom. The number of H-pyrrole nitrogens is 1. The van der Waals surface area contributed by atoms with E-state index in [2.05, 4.69) is 4.98 Å². The molecule has 0 aliphatic heterocycles. The molecule has 0 amide bonds. The summed E-state index contributed by atoms with van der Waals surface area (Å²) in [5.74, 6) is -0.322. The van der Waals surface area contributed by atoms with Crippen LogP contribution in [0.3, 0.4) is 0 Å². The fourth-order valence-corrected chi connectivity index (χ4v) is 2.63. The van der Waals surface area contributed by atoms with Crippen LogP contribution in [0.15, 0.2) is 6.20 Å². The van der Waals surface area contributed by atoms with Crippen molar-refractivity contribution in [3.8, 4) is 0 Å². The van der Waals surface area contributed by atoms with Gasteiger partial charge >= 0.3 is 5.97 Å². The second-order valence-electron chi connectivity index (χ2n) is 4.63. The normalized spacial score (nSPS) is 19.2. The van der Waals surface area contributed by atoms with Gasteiger partial charge in [-0.15, -0.1) is 0 Å². The Hall–Kier alpha value is -1.29. The summed E-state index contributed by atoms with van der Waals surface area (Å²) in [7, 11) is 1.38. The fourth-order valence-electron chi connectivity index (χ4n) is 2.63. The van der Waals surface area contributed by atoms with E-state index in [1.165, 1.54) is 18.2 Å². The second-order valence-corrected chi connectivity index (χ2v) is 4.63. The first kappa shape index (κ1) is 11.2. The Morgan fingerprint density at radius 3 is 2.56 bits per heavy atom. The average Bonchev–Trinajstić information content (AvgIpc) is 2.99. The smallest absolute Gasteiger partial charge is 0.323 e. The number of hydrogen-bond donors (Lipinski definition) is 2. The molecule has 88 valence electrons. The van der Waals surface area contributed by atoms with Crippen LogP contribution in [0.1, 0.15) is 29.7 Å². The highest BCUT2D eigenvalue weighted by Crippen LogP contribution is 2.52. The van der Waals surface area contributed by atoms with E-state index < -0.39 is 6.04 Å². The van der Waals surface area contributed by atoms with E-state index in [9.17, 15) is 4.79 Å². The maximum Gasteiger partial charge on any atom is 0.323 e. The molecule has 0 radical (unpaired) electrons. The van der Waals surface area contributed by atoms with Gasteiger partial charge in [-0.1, -0.05) is 0 Å². The number of aromatic nitrogens is 1. The second kappa shape index (κ2) is 3.63. The molecular weight excluding hydrogens is 204 g/mol. The number of methoxy groups -OCH3 is 1. The number of aromatic amines is 1. The first-order chi connectivity index (χ1) is 7.53. The van der Waals surface area contributed by atoms with Crippen molar-refractivity contribution in [1.82, 2.24) is 4.98 Å². The number of aryl methyl sites for hydroxylation is 2. The molecule has 1 fully saturated rings. The molecule has 1 aromatic heterocycles. The van der Waals surface area contributed by atoms with Crippen LogP contribution < -0.4 is 5.73 Å². The van der Waals surface area contributed by atoms with E-state index in [-0.39, 0.29) is 11.4 Å². The molecule has 1 aliphatic carbocycles. The molecule has 4 nitrogen and oxygen atoms in total. The Balaban J connectivity index is 2.37. The van der Waals surface area contributed by atoms with Gasteiger partial charge in [0.1, 0.15) is 6.04 Å². The highest BCUT2D eigenvalue weighted by molar-refractivity contribution is 5.79. The molecule has 3 N–H and O–H groups in total. The van der Waals surface area contributed by atoms with Gasteiger partial charge in [-0.2, -0.15) is 0 Å². The van der Waals surface area contributed by atoms with Crippen LogP contribution in [0.5, 0.6) is 0 Å². The summed E-state index contributed by atoms with van der Waals surface area (Å²) in [5.41, 5.74) is 9.30. The maximum absolute atomic E-state index is 11.6. The van der Waals surface area contributed by atoms with E-state index in [0.29, 0.717) is 0 Å². The topological polar surface area (TPSA) is 68.1 Å². The SMILES string of the molecule is COC(=O)C(N)C1(c2c(C)c[nH]c2C)CC1. The standard InChI is InChI=1S/C12H18N2O2/c1-7-6-14-8(2)9(7)12(4-5-12)10(13)11(15)16-3/h6,10,14H,4-5,13H2,1-3H3. The lowest BCUT2D eigenvalue weighted by Crippen LogP contribution is -2.43. The molecule has 1 unspecified atom stereocenters. The van der Waals surface area contributed by atoms with Crippen LogP contribution in [-0.4, -0.2) is 24.1 Å². The van der Waals surface area contributed by atoms with E-state index in [0.717, 1.165) is 18.5 Å². The summed E-state index contributed by atoms with van der Waals surface area (Å²) in [6.45, 7) is 4.06. The summed E-state index contributed by atoms with van der Waals surface area (Å²) in [6.07, 6.45) is 3.89. The Bertz CT molecular complexity index is 399. The number of carbonyl (C=O) groups excluding carboxylic acids is 1. The first-order valence-corrected chi connectivity index (χ1v) is 5.51. The van der Waals surface area contributed by atoms with E-state index >= 15 is 0 Å². The fraction of sp³-hybridized carbons (Fsp3) is 0.583. The van der Waals surface area contributed by atoms with Gasteiger partial charge in [0, 0.05) is 17.3 Å². The molecule has 0 bridgehead atoms. The third kappa shape index (κ3) is 1.45. The highest BCUT2D eigenvalue weighted by Gasteiger charge is 2.54. The Labute approximate surface area is 95.2 Å². The first-order valence-electron chi connectivity index (χ1n) is 5.51. The van der Waals surface area contributed by atoms with Gasteiger partial charge in [0.15, 0.2) is 0 Å². The molecule has 0 spiro atoms. The Kier molecular flexibility index (Phi) is 2.54. The minimum atomic E-state index is -0.550. The number of carbonyl (C=O) groups is 1. The van der Waals surface area contributed by atoms with E-state index in [4.69, 9.17) is 10.5 Å². The minimum Gasteiger partial charge on any atom is -0.468 e. The van der Waals surface area contributed by atoms with Gasteiger partial charge in [-0.25, -0.2) is 0 Å². The zero-order valence-corrected chi connectivity index (χ0v) is 9.96. The van der Waals surface area contributed by atoms with Crippen molar-refractivity contribution in [3.63, 3.8) is 0 Å². The number of rotatable bonds is 3. The number of nitrogens with two attached hydrogens (primary N) is 1. The van der Waals surface area contributed by atoms with E-state index in [1.807, 2.05) is 20.0 Å². The van der Waals surface area contributed by atoms with Gasteiger partial charge in [0.25, 0.3) is 0 Å². The summed E-state index contributed by atoms with van der Waals surface area (Å²) in [6, 6.07) is -0.550.